The second-order valence-corrected chi connectivity index (χ2v) is 7.46. The number of hydrogen-bond acceptors (Lipinski definition) is 4. The first kappa shape index (κ1) is 13.7. The van der Waals surface area contributed by atoms with Gasteiger partial charge in [-0.2, -0.15) is 0 Å². The van der Waals surface area contributed by atoms with Crippen molar-refractivity contribution in [3.05, 3.63) is 28.2 Å². The van der Waals surface area contributed by atoms with Crippen LogP contribution in [0.1, 0.15) is 37.6 Å². The number of aromatic nitrogens is 1. The topological polar surface area (TPSA) is 47.0 Å². The molecule has 1 fully saturated rings. The Balaban J connectivity index is 2.05. The van der Waals surface area contributed by atoms with Crippen molar-refractivity contribution in [3.63, 3.8) is 0 Å². The average Bonchev–Trinajstić information content (AvgIpc) is 2.71. The van der Waals surface area contributed by atoms with Crippen LogP contribution in [0.4, 0.5) is 0 Å². The van der Waals surface area contributed by atoms with Crippen LogP contribution in [0.15, 0.2) is 18.2 Å². The second-order valence-electron chi connectivity index (χ2n) is 6.02. The maximum Gasteiger partial charge on any atom is 0.150 e. The van der Waals surface area contributed by atoms with Gasteiger partial charge in [-0.3, -0.25) is 9.59 Å². The molecule has 1 aromatic heterocycles. The van der Waals surface area contributed by atoms with Crippen molar-refractivity contribution in [2.24, 2.45) is 5.41 Å². The van der Waals surface area contributed by atoms with E-state index < -0.39 is 5.92 Å². The summed E-state index contributed by atoms with van der Waals surface area (Å²) >= 11 is 7.48. The van der Waals surface area contributed by atoms with Crippen molar-refractivity contribution < 1.29 is 9.59 Å². The summed E-state index contributed by atoms with van der Waals surface area (Å²) in [7, 11) is 0. The van der Waals surface area contributed by atoms with Crippen LogP contribution in [0.3, 0.4) is 0 Å². The molecular formula is C15H14ClNO2S. The summed E-state index contributed by atoms with van der Waals surface area (Å²) in [5.74, 6) is -0.751. The molecule has 20 heavy (non-hydrogen) atoms. The van der Waals surface area contributed by atoms with Crippen LogP contribution in [0.25, 0.3) is 10.2 Å². The number of halogens is 1. The van der Waals surface area contributed by atoms with Crippen LogP contribution in [-0.2, 0) is 9.59 Å². The maximum atomic E-state index is 12.3. The quantitative estimate of drug-likeness (QED) is 0.748. The van der Waals surface area contributed by atoms with Crippen LogP contribution in [-0.4, -0.2) is 16.6 Å². The van der Waals surface area contributed by atoms with E-state index in [4.69, 9.17) is 11.6 Å². The van der Waals surface area contributed by atoms with Crippen molar-refractivity contribution in [1.82, 2.24) is 4.98 Å². The van der Waals surface area contributed by atoms with Gasteiger partial charge >= 0.3 is 0 Å². The predicted molar refractivity (Wildman–Crippen MR) is 80.4 cm³/mol. The molecule has 0 amide bonds. The molecule has 104 valence electrons. The Morgan fingerprint density at radius 3 is 2.50 bits per heavy atom. The molecule has 1 aliphatic rings. The molecule has 2 aromatic rings. The highest BCUT2D eigenvalue weighted by Gasteiger charge is 2.41. The van der Waals surface area contributed by atoms with Gasteiger partial charge in [0.25, 0.3) is 0 Å². The van der Waals surface area contributed by atoms with Gasteiger partial charge in [-0.1, -0.05) is 31.5 Å². The van der Waals surface area contributed by atoms with E-state index in [2.05, 4.69) is 4.98 Å². The highest BCUT2D eigenvalue weighted by molar-refractivity contribution is 7.19. The summed E-state index contributed by atoms with van der Waals surface area (Å²) < 4.78 is 0.842. The van der Waals surface area contributed by atoms with Gasteiger partial charge < -0.3 is 0 Å². The monoisotopic (exact) mass is 307 g/mol. The van der Waals surface area contributed by atoms with E-state index in [9.17, 15) is 9.59 Å². The molecule has 0 atom stereocenters. The first-order valence-corrected chi connectivity index (χ1v) is 7.67. The number of nitrogens with zero attached hydrogens (tertiary/aromatic N) is 1. The number of rotatable bonds is 1. The molecule has 1 aliphatic carbocycles. The third kappa shape index (κ3) is 2.27. The van der Waals surface area contributed by atoms with Crippen molar-refractivity contribution in [1.29, 1.82) is 0 Å². The first-order chi connectivity index (χ1) is 9.37. The fraction of sp³-hybridized carbons (Fsp3) is 0.400. The number of carbonyl (C=O) groups excluding carboxylic acids is 2. The smallest absolute Gasteiger partial charge is 0.150 e. The standard InChI is InChI=1S/C15H14ClNO2S/c1-15(2)6-10(18)12(11(19)7-15)14-17-9-5-3-4-8(16)13(9)20-14/h3-5,12H,6-7H2,1-2H3. The van der Waals surface area contributed by atoms with Crippen molar-refractivity contribution in [3.8, 4) is 0 Å². The third-order valence-electron chi connectivity index (χ3n) is 3.58. The predicted octanol–water partition coefficient (Wildman–Crippen LogP) is 3.99. The Kier molecular flexibility index (Phi) is 3.18. The van der Waals surface area contributed by atoms with E-state index >= 15 is 0 Å². The summed E-state index contributed by atoms with van der Waals surface area (Å²) in [4.78, 5) is 29.0. The van der Waals surface area contributed by atoms with Gasteiger partial charge in [-0.05, 0) is 17.5 Å². The molecule has 1 heterocycles. The van der Waals surface area contributed by atoms with E-state index in [1.807, 2.05) is 26.0 Å². The number of fused-ring (bicyclic) bond motifs is 1. The van der Waals surface area contributed by atoms with Gasteiger partial charge in [0.1, 0.15) is 10.9 Å². The molecule has 0 N–H and O–H groups in total. The van der Waals surface area contributed by atoms with E-state index in [0.29, 0.717) is 22.9 Å². The molecule has 5 heteroatoms. The van der Waals surface area contributed by atoms with Gasteiger partial charge in [0, 0.05) is 12.8 Å². The fourth-order valence-corrected chi connectivity index (χ4v) is 4.12. The number of ketones is 2. The summed E-state index contributed by atoms with van der Waals surface area (Å²) in [6.45, 7) is 3.91. The van der Waals surface area contributed by atoms with Gasteiger partial charge in [-0.15, -0.1) is 11.3 Å². The van der Waals surface area contributed by atoms with Crippen molar-refractivity contribution in [2.75, 3.05) is 0 Å². The maximum absolute atomic E-state index is 12.3. The van der Waals surface area contributed by atoms with Gasteiger partial charge in [0.05, 0.1) is 15.2 Å². The zero-order valence-corrected chi connectivity index (χ0v) is 12.8. The number of hydrogen-bond donors (Lipinski definition) is 0. The molecule has 1 saturated carbocycles. The van der Waals surface area contributed by atoms with E-state index in [1.54, 1.807) is 6.07 Å². The molecule has 0 unspecified atom stereocenters. The Morgan fingerprint density at radius 2 is 1.90 bits per heavy atom. The molecule has 3 nitrogen and oxygen atoms in total. The second kappa shape index (κ2) is 4.64. The van der Waals surface area contributed by atoms with E-state index in [-0.39, 0.29) is 17.0 Å². The van der Waals surface area contributed by atoms with E-state index in [0.717, 1.165) is 10.2 Å². The zero-order chi connectivity index (χ0) is 14.5. The molecule has 3 rings (SSSR count). The van der Waals surface area contributed by atoms with Crippen LogP contribution in [0.2, 0.25) is 5.02 Å². The third-order valence-corrected chi connectivity index (χ3v) is 5.18. The molecule has 0 radical (unpaired) electrons. The summed E-state index contributed by atoms with van der Waals surface area (Å²) in [6, 6.07) is 5.46. The number of thiazole rings is 1. The fourth-order valence-electron chi connectivity index (χ4n) is 2.72. The molecule has 1 aromatic carbocycles. The van der Waals surface area contributed by atoms with Gasteiger partial charge in [0.2, 0.25) is 0 Å². The van der Waals surface area contributed by atoms with Crippen molar-refractivity contribution >= 4 is 44.7 Å². The minimum absolute atomic E-state index is 0.0265. The van der Waals surface area contributed by atoms with Gasteiger partial charge in [0.15, 0.2) is 11.6 Å². The highest BCUT2D eigenvalue weighted by Crippen LogP contribution is 2.41. The van der Waals surface area contributed by atoms with Crippen LogP contribution >= 0.6 is 22.9 Å². The molecular weight excluding hydrogens is 294 g/mol. The molecule has 0 spiro atoms. The number of benzene rings is 1. The van der Waals surface area contributed by atoms with Gasteiger partial charge in [-0.25, -0.2) is 4.98 Å². The van der Waals surface area contributed by atoms with E-state index in [1.165, 1.54) is 11.3 Å². The number of Topliss-reactive ketones (excluding diaryl/α,β-unsaturated/α-hetero) is 2. The first-order valence-electron chi connectivity index (χ1n) is 6.48. The molecule has 0 aliphatic heterocycles. The van der Waals surface area contributed by atoms with Crippen LogP contribution in [0, 0.1) is 5.41 Å². The lowest BCUT2D eigenvalue weighted by Gasteiger charge is -2.31. The lowest BCUT2D eigenvalue weighted by molar-refractivity contribution is -0.135. The minimum Gasteiger partial charge on any atom is -0.298 e. The minimum atomic E-state index is -0.698. The zero-order valence-electron chi connectivity index (χ0n) is 11.3. The van der Waals surface area contributed by atoms with Crippen LogP contribution < -0.4 is 0 Å². The Labute approximate surface area is 126 Å². The normalized spacial score (nSPS) is 19.8. The summed E-state index contributed by atoms with van der Waals surface area (Å²) in [6.07, 6.45) is 0.847. The van der Waals surface area contributed by atoms with Crippen LogP contribution in [0.5, 0.6) is 0 Å². The SMILES string of the molecule is CC1(C)CC(=O)C(c2nc3cccc(Cl)c3s2)C(=O)C1. The Hall–Kier alpha value is -1.26. The molecule has 0 bridgehead atoms. The largest absolute Gasteiger partial charge is 0.298 e. The van der Waals surface area contributed by atoms with Crippen molar-refractivity contribution in [2.45, 2.75) is 32.6 Å². The molecule has 0 saturated heterocycles. The lowest BCUT2D eigenvalue weighted by atomic mass is 9.72. The summed E-state index contributed by atoms with van der Waals surface area (Å²) in [5, 5.41) is 1.20. The summed E-state index contributed by atoms with van der Waals surface area (Å²) in [5.41, 5.74) is 0.516. The highest BCUT2D eigenvalue weighted by atomic mass is 35.5. The number of carbonyl (C=O) groups is 2. The Bertz CT molecular complexity index is 700. The average molecular weight is 308 g/mol. The lowest BCUT2D eigenvalue weighted by Crippen LogP contribution is -2.35. The Morgan fingerprint density at radius 1 is 1.25 bits per heavy atom.